The maximum atomic E-state index is 13.7. The van der Waals surface area contributed by atoms with Gasteiger partial charge in [-0.2, -0.15) is 62.2 Å². The van der Waals surface area contributed by atoms with Crippen molar-refractivity contribution in [2.24, 2.45) is 5.10 Å². The predicted octanol–water partition coefficient (Wildman–Crippen LogP) is 5.73. The first kappa shape index (κ1) is 28.0. The largest absolute Gasteiger partial charge is 0.507 e. The Hall–Kier alpha value is -3.27. The molecule has 0 aliphatic heterocycles. The van der Waals surface area contributed by atoms with E-state index in [2.05, 4.69) is 5.10 Å². The molecule has 0 heterocycles. The highest BCUT2D eigenvalue weighted by Gasteiger charge is 2.91. The molecule has 0 unspecified atom stereocenters. The first-order valence-corrected chi connectivity index (χ1v) is 8.64. The maximum absolute atomic E-state index is 13.7. The lowest BCUT2D eigenvalue weighted by Gasteiger charge is -2.38. The molecule has 0 saturated heterocycles. The predicted molar refractivity (Wildman–Crippen MR) is 92.1 cm³/mol. The smallest absolute Gasteiger partial charge is 0.460 e. The summed E-state index contributed by atoms with van der Waals surface area (Å²) in [6, 6.07) is 8.11. The van der Waals surface area contributed by atoms with E-state index in [-0.39, 0.29) is 10.9 Å². The minimum absolute atomic E-state index is 0.142. The number of nitrogens with zero attached hydrogens (tertiary/aromatic N) is 1. The van der Waals surface area contributed by atoms with E-state index in [9.17, 15) is 67.0 Å². The molecule has 0 atom stereocenters. The van der Waals surface area contributed by atoms with Crippen molar-refractivity contribution in [3.8, 4) is 5.75 Å². The lowest BCUT2D eigenvalue weighted by atomic mass is 9.93. The fraction of sp³-hybridized carbons (Fsp3) is 0.333. The fourth-order valence-electron chi connectivity index (χ4n) is 2.56. The van der Waals surface area contributed by atoms with Crippen LogP contribution in [0.25, 0.3) is 10.8 Å². The van der Waals surface area contributed by atoms with Gasteiger partial charge in [-0.25, -0.2) is 5.43 Å². The molecule has 35 heavy (non-hydrogen) atoms. The van der Waals surface area contributed by atoms with Crippen LogP contribution in [-0.4, -0.2) is 53.0 Å². The summed E-state index contributed by atoms with van der Waals surface area (Å²) >= 11 is 0. The topological polar surface area (TPSA) is 61.7 Å². The number of hydrazone groups is 1. The molecule has 194 valence electrons. The third kappa shape index (κ3) is 4.20. The van der Waals surface area contributed by atoms with Gasteiger partial charge in [0, 0.05) is 5.56 Å². The summed E-state index contributed by atoms with van der Waals surface area (Å²) in [5.74, 6) is -43.1. The minimum Gasteiger partial charge on any atom is -0.507 e. The molecule has 17 heteroatoms. The van der Waals surface area contributed by atoms with Crippen molar-refractivity contribution in [3.63, 3.8) is 0 Å². The molecule has 0 aliphatic rings. The molecule has 2 aromatic rings. The van der Waals surface area contributed by atoms with E-state index in [1.165, 1.54) is 30.3 Å². The number of halogens is 13. The third-order valence-electron chi connectivity index (χ3n) is 4.53. The first-order chi connectivity index (χ1) is 15.6. The number of carbonyl (C=O) groups excluding carboxylic acids is 1. The molecule has 0 radical (unpaired) electrons. The molecule has 0 spiro atoms. The Morgan fingerprint density at radius 3 is 1.80 bits per heavy atom. The van der Waals surface area contributed by atoms with E-state index in [1.54, 1.807) is 0 Å². The molecule has 2 rings (SSSR count). The van der Waals surface area contributed by atoms with Crippen LogP contribution in [0.4, 0.5) is 57.1 Å². The van der Waals surface area contributed by atoms with Crippen LogP contribution in [-0.2, 0) is 4.79 Å². The van der Waals surface area contributed by atoms with Crippen molar-refractivity contribution in [2.45, 2.75) is 35.8 Å². The summed E-state index contributed by atoms with van der Waals surface area (Å²) < 4.78 is 170. The monoisotopic (exact) mass is 532 g/mol. The molecule has 0 aromatic heterocycles. The lowest BCUT2D eigenvalue weighted by Crippen LogP contribution is -2.71. The van der Waals surface area contributed by atoms with E-state index in [0.717, 1.165) is 6.07 Å². The number of fused-ring (bicyclic) bond motifs is 1. The van der Waals surface area contributed by atoms with E-state index < -0.39 is 47.4 Å². The summed E-state index contributed by atoms with van der Waals surface area (Å²) in [7, 11) is 0. The van der Waals surface area contributed by atoms with Crippen molar-refractivity contribution < 1.29 is 67.0 Å². The van der Waals surface area contributed by atoms with Crippen LogP contribution in [0, 0.1) is 0 Å². The highest BCUT2D eigenvalue weighted by molar-refractivity contribution is 6.02. The number of amides is 1. The number of alkyl halides is 13. The van der Waals surface area contributed by atoms with Gasteiger partial charge < -0.3 is 5.11 Å². The van der Waals surface area contributed by atoms with Crippen LogP contribution in [0.15, 0.2) is 41.5 Å². The Morgan fingerprint density at radius 2 is 1.26 bits per heavy atom. The summed E-state index contributed by atoms with van der Waals surface area (Å²) in [5.41, 5.74) is 0.230. The Morgan fingerprint density at radius 1 is 0.743 bits per heavy atom. The molecule has 0 fully saturated rings. The summed E-state index contributed by atoms with van der Waals surface area (Å²) in [5, 5.41) is 13.0. The molecule has 0 bridgehead atoms. The number of aromatic hydroxyl groups is 1. The first-order valence-electron chi connectivity index (χ1n) is 8.64. The zero-order chi connectivity index (χ0) is 27.3. The van der Waals surface area contributed by atoms with Crippen LogP contribution in [0.2, 0.25) is 0 Å². The molecule has 0 aliphatic carbocycles. The molecule has 0 saturated carbocycles. The van der Waals surface area contributed by atoms with Crippen LogP contribution in [0.5, 0.6) is 5.75 Å². The van der Waals surface area contributed by atoms with Crippen molar-refractivity contribution in [2.75, 3.05) is 0 Å². The average molecular weight is 532 g/mol. The Balaban J connectivity index is 2.39. The number of hydrogen-bond acceptors (Lipinski definition) is 3. The quantitative estimate of drug-likeness (QED) is 0.272. The van der Waals surface area contributed by atoms with Gasteiger partial charge in [-0.1, -0.05) is 30.3 Å². The molecule has 2 aromatic carbocycles. The second kappa shape index (κ2) is 8.44. The highest BCUT2D eigenvalue weighted by Crippen LogP contribution is 2.60. The molecular weight excluding hydrogens is 523 g/mol. The normalized spacial score (nSPS) is 14.5. The summed E-state index contributed by atoms with van der Waals surface area (Å²) in [6.07, 6.45) is -7.20. The zero-order valence-corrected chi connectivity index (χ0v) is 16.3. The van der Waals surface area contributed by atoms with Gasteiger partial charge in [0.1, 0.15) is 5.75 Å². The number of rotatable bonds is 7. The molecule has 4 nitrogen and oxygen atoms in total. The standard InChI is InChI=1S/C18H9F13N2O2/c19-13(20,14(21,22)15(23,24)16(25,26)17(27,28)18(29,30)31)12(35)33-32-7-10-9-4-2-1-3-8(9)5-6-11(10)34/h1-7,34H,(H,33,35)/b32-7+. The molecule has 2 N–H and O–H groups in total. The van der Waals surface area contributed by atoms with Gasteiger partial charge in [0.25, 0.3) is 0 Å². The van der Waals surface area contributed by atoms with Gasteiger partial charge in [0.05, 0.1) is 6.21 Å². The number of benzene rings is 2. The van der Waals surface area contributed by atoms with Gasteiger partial charge >= 0.3 is 41.7 Å². The zero-order valence-electron chi connectivity index (χ0n) is 16.3. The number of hydrogen-bond donors (Lipinski definition) is 2. The van der Waals surface area contributed by atoms with Crippen LogP contribution < -0.4 is 5.43 Å². The third-order valence-corrected chi connectivity index (χ3v) is 4.53. The summed E-state index contributed by atoms with van der Waals surface area (Å²) in [4.78, 5) is 11.4. The summed E-state index contributed by atoms with van der Waals surface area (Å²) in [6.45, 7) is 0. The van der Waals surface area contributed by atoms with Crippen LogP contribution in [0.3, 0.4) is 0 Å². The van der Waals surface area contributed by atoms with E-state index in [0.29, 0.717) is 17.0 Å². The molecule has 1 amide bonds. The SMILES string of the molecule is O=C(N/N=C/c1c(O)ccc2ccccc12)C(F)(F)C(F)(F)C(F)(F)C(F)(F)C(F)(F)C(F)(F)F. The number of phenolic OH excluding ortho intramolecular Hbond substituents is 1. The van der Waals surface area contributed by atoms with E-state index >= 15 is 0 Å². The van der Waals surface area contributed by atoms with Crippen molar-refractivity contribution in [3.05, 3.63) is 42.0 Å². The fourth-order valence-corrected chi connectivity index (χ4v) is 2.56. The van der Waals surface area contributed by atoms with Gasteiger partial charge in [-0.3, -0.25) is 4.79 Å². The number of phenols is 1. The molecular formula is C18H9F13N2O2. The van der Waals surface area contributed by atoms with Crippen LogP contribution in [0.1, 0.15) is 5.56 Å². The number of nitrogens with one attached hydrogen (secondary N) is 1. The Labute approximate surface area is 185 Å². The Bertz CT molecular complexity index is 1140. The Kier molecular flexibility index (Phi) is 6.74. The van der Waals surface area contributed by atoms with Crippen LogP contribution >= 0.6 is 0 Å². The second-order valence-electron chi connectivity index (χ2n) is 6.79. The maximum Gasteiger partial charge on any atom is 0.460 e. The van der Waals surface area contributed by atoms with Crippen molar-refractivity contribution in [1.82, 2.24) is 5.43 Å². The average Bonchev–Trinajstić information content (AvgIpc) is 2.73. The van der Waals surface area contributed by atoms with Gasteiger partial charge in [-0.15, -0.1) is 0 Å². The van der Waals surface area contributed by atoms with Gasteiger partial charge in [0.2, 0.25) is 0 Å². The highest BCUT2D eigenvalue weighted by atomic mass is 19.4. The lowest BCUT2D eigenvalue weighted by molar-refractivity contribution is -0.436. The van der Waals surface area contributed by atoms with Gasteiger partial charge in [-0.05, 0) is 16.8 Å². The van der Waals surface area contributed by atoms with Gasteiger partial charge in [0.15, 0.2) is 0 Å². The van der Waals surface area contributed by atoms with E-state index in [1.807, 2.05) is 0 Å². The van der Waals surface area contributed by atoms with E-state index in [4.69, 9.17) is 0 Å². The van der Waals surface area contributed by atoms with Crippen molar-refractivity contribution in [1.29, 1.82) is 0 Å². The minimum atomic E-state index is -8.12. The van der Waals surface area contributed by atoms with Crippen molar-refractivity contribution >= 4 is 22.9 Å². The second-order valence-corrected chi connectivity index (χ2v) is 6.79. The number of carbonyl (C=O) groups is 1.